The highest BCUT2D eigenvalue weighted by Gasteiger charge is 2.36. The molecule has 3 rings (SSSR count). The number of amides is 1. The Hall–Kier alpha value is -2.50. The van der Waals surface area contributed by atoms with Crippen molar-refractivity contribution in [2.75, 3.05) is 4.90 Å². The lowest BCUT2D eigenvalue weighted by atomic mass is 10.1. The van der Waals surface area contributed by atoms with Gasteiger partial charge in [0, 0.05) is 5.56 Å². The molecular weight excluding hydrogens is 263 g/mol. The number of rotatable bonds is 2. The molecule has 1 aliphatic heterocycles. The molecule has 0 atom stereocenters. The van der Waals surface area contributed by atoms with Crippen LogP contribution in [0, 0.1) is 19.7 Å². The minimum Gasteiger partial charge on any atom is -0.361 e. The van der Waals surface area contributed by atoms with E-state index in [4.69, 9.17) is 4.52 Å². The summed E-state index contributed by atoms with van der Waals surface area (Å²) in [7, 11) is 0. The van der Waals surface area contributed by atoms with Crippen LogP contribution >= 0.6 is 0 Å². The molecule has 6 heteroatoms. The van der Waals surface area contributed by atoms with Crippen LogP contribution in [-0.2, 0) is 11.3 Å². The molecule has 102 valence electrons. The van der Waals surface area contributed by atoms with Crippen LogP contribution in [0.4, 0.5) is 10.1 Å². The van der Waals surface area contributed by atoms with Gasteiger partial charge in [0.25, 0.3) is 11.7 Å². The van der Waals surface area contributed by atoms with Gasteiger partial charge in [-0.1, -0.05) is 5.16 Å². The maximum atomic E-state index is 13.3. The third kappa shape index (κ3) is 1.72. The van der Waals surface area contributed by atoms with Crippen molar-refractivity contribution in [3.05, 3.63) is 46.6 Å². The minimum atomic E-state index is -0.661. The lowest BCUT2D eigenvalue weighted by Crippen LogP contribution is -2.29. The molecule has 1 amide bonds. The third-order valence-electron chi connectivity index (χ3n) is 3.43. The van der Waals surface area contributed by atoms with E-state index in [0.717, 1.165) is 5.56 Å². The highest BCUT2D eigenvalue weighted by Crippen LogP contribution is 2.31. The third-order valence-corrected chi connectivity index (χ3v) is 3.43. The van der Waals surface area contributed by atoms with E-state index in [9.17, 15) is 14.0 Å². The number of benzene rings is 1. The van der Waals surface area contributed by atoms with Crippen LogP contribution in [0.25, 0.3) is 0 Å². The Labute approximate surface area is 114 Å². The highest BCUT2D eigenvalue weighted by molar-refractivity contribution is 6.52. The minimum absolute atomic E-state index is 0.141. The van der Waals surface area contributed by atoms with Crippen LogP contribution in [0.3, 0.4) is 0 Å². The van der Waals surface area contributed by atoms with Gasteiger partial charge in [0.05, 0.1) is 23.5 Å². The van der Waals surface area contributed by atoms with E-state index in [-0.39, 0.29) is 12.1 Å². The van der Waals surface area contributed by atoms with Gasteiger partial charge >= 0.3 is 0 Å². The number of ketones is 1. The van der Waals surface area contributed by atoms with E-state index < -0.39 is 17.5 Å². The fourth-order valence-corrected chi connectivity index (χ4v) is 2.31. The van der Waals surface area contributed by atoms with Crippen LogP contribution in [0.2, 0.25) is 0 Å². The van der Waals surface area contributed by atoms with E-state index in [1.54, 1.807) is 13.8 Å². The van der Waals surface area contributed by atoms with E-state index in [1.165, 1.54) is 23.1 Å². The number of hydrogen-bond acceptors (Lipinski definition) is 4. The lowest BCUT2D eigenvalue weighted by Gasteiger charge is -2.16. The molecule has 0 unspecified atom stereocenters. The van der Waals surface area contributed by atoms with Gasteiger partial charge in [0.2, 0.25) is 0 Å². The second-order valence-electron chi connectivity index (χ2n) is 4.68. The molecule has 5 nitrogen and oxygen atoms in total. The molecule has 0 saturated carbocycles. The average Bonchev–Trinajstić information content (AvgIpc) is 2.84. The molecule has 0 saturated heterocycles. The number of carbonyl (C=O) groups excluding carboxylic acids is 2. The number of aryl methyl sites for hydroxylation is 2. The summed E-state index contributed by atoms with van der Waals surface area (Å²) in [4.78, 5) is 25.1. The molecule has 1 aromatic heterocycles. The van der Waals surface area contributed by atoms with Gasteiger partial charge in [0.1, 0.15) is 11.6 Å². The predicted molar refractivity (Wildman–Crippen MR) is 67.9 cm³/mol. The largest absolute Gasteiger partial charge is 0.361 e. The van der Waals surface area contributed by atoms with Crippen molar-refractivity contribution in [2.45, 2.75) is 20.4 Å². The molecule has 0 fully saturated rings. The fourth-order valence-electron chi connectivity index (χ4n) is 2.31. The summed E-state index contributed by atoms with van der Waals surface area (Å²) in [5, 5.41) is 3.80. The van der Waals surface area contributed by atoms with Crippen LogP contribution in [0.15, 0.2) is 22.7 Å². The molecule has 20 heavy (non-hydrogen) atoms. The molecule has 2 aromatic rings. The number of carbonyl (C=O) groups is 2. The summed E-state index contributed by atoms with van der Waals surface area (Å²) in [5.41, 5.74) is 1.89. The van der Waals surface area contributed by atoms with Crippen molar-refractivity contribution in [1.29, 1.82) is 0 Å². The van der Waals surface area contributed by atoms with Gasteiger partial charge < -0.3 is 9.42 Å². The summed E-state index contributed by atoms with van der Waals surface area (Å²) in [6.07, 6.45) is 0. The van der Waals surface area contributed by atoms with Gasteiger partial charge in [-0.25, -0.2) is 4.39 Å². The Kier molecular flexibility index (Phi) is 2.67. The monoisotopic (exact) mass is 274 g/mol. The topological polar surface area (TPSA) is 63.4 Å². The van der Waals surface area contributed by atoms with E-state index in [2.05, 4.69) is 5.16 Å². The first-order chi connectivity index (χ1) is 9.49. The number of fused-ring (bicyclic) bond motifs is 1. The highest BCUT2D eigenvalue weighted by atomic mass is 19.1. The number of Topliss-reactive ketones (excluding diaryl/α,β-unsaturated/α-hetero) is 1. The predicted octanol–water partition coefficient (Wildman–Crippen LogP) is 2.16. The first-order valence-corrected chi connectivity index (χ1v) is 6.06. The van der Waals surface area contributed by atoms with E-state index in [0.29, 0.717) is 17.1 Å². The van der Waals surface area contributed by atoms with Crippen molar-refractivity contribution in [3.8, 4) is 0 Å². The number of anilines is 1. The van der Waals surface area contributed by atoms with Crippen molar-refractivity contribution in [1.82, 2.24) is 5.16 Å². The zero-order valence-electron chi connectivity index (χ0n) is 10.9. The maximum Gasteiger partial charge on any atom is 0.299 e. The van der Waals surface area contributed by atoms with E-state index >= 15 is 0 Å². The first kappa shape index (κ1) is 12.5. The Bertz CT molecular complexity index is 717. The Morgan fingerprint density at radius 2 is 2.05 bits per heavy atom. The maximum absolute atomic E-state index is 13.3. The molecule has 0 aliphatic carbocycles. The zero-order chi connectivity index (χ0) is 14.4. The smallest absolute Gasteiger partial charge is 0.299 e. The summed E-state index contributed by atoms with van der Waals surface area (Å²) in [6.45, 7) is 3.62. The Morgan fingerprint density at radius 1 is 1.30 bits per heavy atom. The van der Waals surface area contributed by atoms with Crippen molar-refractivity contribution in [2.24, 2.45) is 0 Å². The van der Waals surface area contributed by atoms with Gasteiger partial charge in [-0.15, -0.1) is 0 Å². The SMILES string of the molecule is Cc1noc(C)c1CN1C(=O)C(=O)c2ccc(F)cc21. The Morgan fingerprint density at radius 3 is 2.70 bits per heavy atom. The van der Waals surface area contributed by atoms with Crippen LogP contribution in [-0.4, -0.2) is 16.8 Å². The summed E-state index contributed by atoms with van der Waals surface area (Å²) >= 11 is 0. The van der Waals surface area contributed by atoms with Gasteiger partial charge in [-0.05, 0) is 32.0 Å². The molecule has 1 aromatic carbocycles. The van der Waals surface area contributed by atoms with Crippen molar-refractivity contribution in [3.63, 3.8) is 0 Å². The first-order valence-electron chi connectivity index (χ1n) is 6.06. The van der Waals surface area contributed by atoms with Crippen LogP contribution < -0.4 is 4.90 Å². The van der Waals surface area contributed by atoms with Crippen LogP contribution in [0.5, 0.6) is 0 Å². The molecule has 2 heterocycles. The number of hydrogen-bond donors (Lipinski definition) is 0. The average molecular weight is 274 g/mol. The normalized spacial score (nSPS) is 14.1. The molecule has 0 radical (unpaired) electrons. The molecule has 1 aliphatic rings. The molecular formula is C14H11FN2O3. The van der Waals surface area contributed by atoms with Gasteiger partial charge in [-0.2, -0.15) is 0 Å². The second-order valence-corrected chi connectivity index (χ2v) is 4.68. The van der Waals surface area contributed by atoms with Crippen LogP contribution in [0.1, 0.15) is 27.4 Å². The summed E-state index contributed by atoms with van der Waals surface area (Å²) in [5.74, 6) is -1.19. The van der Waals surface area contributed by atoms with E-state index in [1.807, 2.05) is 0 Å². The zero-order valence-corrected chi connectivity index (χ0v) is 10.9. The molecule has 0 N–H and O–H groups in total. The molecule has 0 bridgehead atoms. The molecule has 0 spiro atoms. The standard InChI is InChI=1S/C14H11FN2O3/c1-7-11(8(2)20-16-7)6-17-12-5-9(15)3-4-10(12)13(18)14(17)19/h3-5H,6H2,1-2H3. The Balaban J connectivity index is 2.05. The van der Waals surface area contributed by atoms with Crippen molar-refractivity contribution >= 4 is 17.4 Å². The van der Waals surface area contributed by atoms with Crippen molar-refractivity contribution < 1.29 is 18.5 Å². The number of halogens is 1. The number of nitrogens with zero attached hydrogens (tertiary/aromatic N) is 2. The van der Waals surface area contributed by atoms with Gasteiger partial charge in [-0.3, -0.25) is 9.59 Å². The fraction of sp³-hybridized carbons (Fsp3) is 0.214. The van der Waals surface area contributed by atoms with Gasteiger partial charge in [0.15, 0.2) is 0 Å². The summed E-state index contributed by atoms with van der Waals surface area (Å²) < 4.78 is 18.4. The second kappa shape index (κ2) is 4.26. The summed E-state index contributed by atoms with van der Waals surface area (Å²) in [6, 6.07) is 3.69. The number of aromatic nitrogens is 1. The lowest BCUT2D eigenvalue weighted by molar-refractivity contribution is -0.114. The quantitative estimate of drug-likeness (QED) is 0.787.